The van der Waals surface area contributed by atoms with Crippen molar-refractivity contribution in [3.05, 3.63) is 28.3 Å². The van der Waals surface area contributed by atoms with Gasteiger partial charge in [0.1, 0.15) is 11.4 Å². The Kier molecular flexibility index (Phi) is 5.38. The van der Waals surface area contributed by atoms with Crippen LogP contribution in [0.2, 0.25) is 0 Å². The van der Waals surface area contributed by atoms with Gasteiger partial charge in [0.25, 0.3) is 5.69 Å². The lowest BCUT2D eigenvalue weighted by atomic mass is 10.2. The molecule has 0 aliphatic carbocycles. The molecule has 0 heterocycles. The predicted molar refractivity (Wildman–Crippen MR) is 68.2 cm³/mol. The zero-order valence-corrected chi connectivity index (χ0v) is 10.6. The third kappa shape index (κ3) is 3.89. The molecule has 0 aliphatic heterocycles. The first-order valence-corrected chi connectivity index (χ1v) is 5.89. The molecule has 1 aromatic rings. The van der Waals surface area contributed by atoms with E-state index in [0.29, 0.717) is 12.4 Å². The molecule has 0 bridgehead atoms. The number of carbonyl (C=O) groups is 1. The number of rotatable bonds is 6. The summed E-state index contributed by atoms with van der Waals surface area (Å²) in [6.45, 7) is 2.19. The highest BCUT2D eigenvalue weighted by molar-refractivity contribution is 6.19. The molecule has 1 aromatic carbocycles. The molecule has 18 heavy (non-hydrogen) atoms. The molecule has 98 valence electrons. The van der Waals surface area contributed by atoms with Crippen LogP contribution in [0.15, 0.2) is 18.2 Å². The number of hydrogen-bond acceptors (Lipinski definition) is 4. The minimum Gasteiger partial charge on any atom is -0.494 e. The largest absolute Gasteiger partial charge is 0.494 e. The Morgan fingerprint density at radius 2 is 2.28 bits per heavy atom. The zero-order valence-electron chi connectivity index (χ0n) is 9.81. The van der Waals surface area contributed by atoms with Crippen molar-refractivity contribution in [1.29, 1.82) is 0 Å². The molecule has 0 saturated carbocycles. The summed E-state index contributed by atoms with van der Waals surface area (Å²) >= 11 is 5.42. The van der Waals surface area contributed by atoms with Gasteiger partial charge in [0.2, 0.25) is 5.91 Å². The van der Waals surface area contributed by atoms with Crippen molar-refractivity contribution >= 4 is 28.9 Å². The number of carbonyl (C=O) groups excluding carboxylic acids is 1. The van der Waals surface area contributed by atoms with Crippen molar-refractivity contribution in [3.63, 3.8) is 0 Å². The van der Waals surface area contributed by atoms with Gasteiger partial charge in [0.15, 0.2) is 0 Å². The number of alkyl halides is 1. The molecule has 0 fully saturated rings. The summed E-state index contributed by atoms with van der Waals surface area (Å²) in [5, 5.41) is 13.3. The highest BCUT2D eigenvalue weighted by atomic mass is 35.5. The van der Waals surface area contributed by atoms with E-state index in [1.165, 1.54) is 12.1 Å². The van der Waals surface area contributed by atoms with Crippen LogP contribution in [0.4, 0.5) is 11.4 Å². The predicted octanol–water partition coefficient (Wildman–Crippen LogP) is 2.56. The lowest BCUT2D eigenvalue weighted by Gasteiger charge is -2.07. The van der Waals surface area contributed by atoms with Crippen LogP contribution in [0.3, 0.4) is 0 Å². The highest BCUT2D eigenvalue weighted by Gasteiger charge is 2.16. The van der Waals surface area contributed by atoms with E-state index in [2.05, 4.69) is 5.32 Å². The van der Waals surface area contributed by atoms with E-state index in [0.717, 1.165) is 0 Å². The molecular formula is C11H13ClN2O4. The van der Waals surface area contributed by atoms with Gasteiger partial charge in [-0.2, -0.15) is 0 Å². The number of nitro groups is 1. The van der Waals surface area contributed by atoms with Crippen molar-refractivity contribution in [2.75, 3.05) is 17.8 Å². The van der Waals surface area contributed by atoms with Crippen molar-refractivity contribution < 1.29 is 14.5 Å². The quantitative estimate of drug-likeness (QED) is 0.490. The molecule has 1 N–H and O–H groups in total. The van der Waals surface area contributed by atoms with Gasteiger partial charge in [-0.15, -0.1) is 11.6 Å². The topological polar surface area (TPSA) is 81.5 Å². The third-order valence-electron chi connectivity index (χ3n) is 2.07. The molecule has 0 radical (unpaired) electrons. The number of anilines is 1. The fraction of sp³-hybridized carbons (Fsp3) is 0.364. The maximum absolute atomic E-state index is 11.3. The normalized spacial score (nSPS) is 9.89. The average molecular weight is 273 g/mol. The first-order chi connectivity index (χ1) is 8.58. The SMILES string of the molecule is CCOc1ccc(NC(=O)CCCl)c([N+](=O)[O-])c1. The Balaban J connectivity index is 2.96. The van der Waals surface area contributed by atoms with Crippen LogP contribution >= 0.6 is 11.6 Å². The van der Waals surface area contributed by atoms with Gasteiger partial charge in [0.05, 0.1) is 17.6 Å². The van der Waals surface area contributed by atoms with Crippen LogP contribution < -0.4 is 10.1 Å². The summed E-state index contributed by atoms with van der Waals surface area (Å²) in [5.74, 6) is 0.188. The molecule has 1 rings (SSSR count). The Hall–Kier alpha value is -1.82. The number of nitrogens with zero attached hydrogens (tertiary/aromatic N) is 1. The third-order valence-corrected chi connectivity index (χ3v) is 2.26. The first kappa shape index (κ1) is 14.2. The first-order valence-electron chi connectivity index (χ1n) is 5.35. The summed E-state index contributed by atoms with van der Waals surface area (Å²) in [4.78, 5) is 21.7. The minimum absolute atomic E-state index is 0.103. The minimum atomic E-state index is -0.571. The second kappa shape index (κ2) is 6.80. The smallest absolute Gasteiger partial charge is 0.296 e. The van der Waals surface area contributed by atoms with E-state index in [1.807, 2.05) is 0 Å². The lowest BCUT2D eigenvalue weighted by molar-refractivity contribution is -0.384. The summed E-state index contributed by atoms with van der Waals surface area (Å²) < 4.78 is 5.17. The number of nitrogens with one attached hydrogen (secondary N) is 1. The van der Waals surface area contributed by atoms with Crippen LogP contribution in [-0.4, -0.2) is 23.3 Å². The summed E-state index contributed by atoms with van der Waals surface area (Å²) in [7, 11) is 0. The fourth-order valence-corrected chi connectivity index (χ4v) is 1.49. The molecule has 0 aromatic heterocycles. The van der Waals surface area contributed by atoms with Gasteiger partial charge in [-0.05, 0) is 19.1 Å². The van der Waals surface area contributed by atoms with Crippen LogP contribution in [0.1, 0.15) is 13.3 Å². The Labute approximate surface area is 109 Å². The second-order valence-corrected chi connectivity index (χ2v) is 3.73. The van der Waals surface area contributed by atoms with Gasteiger partial charge in [-0.1, -0.05) is 0 Å². The van der Waals surface area contributed by atoms with E-state index in [9.17, 15) is 14.9 Å². The number of hydrogen-bond donors (Lipinski definition) is 1. The molecule has 0 saturated heterocycles. The zero-order chi connectivity index (χ0) is 13.5. The summed E-state index contributed by atoms with van der Waals surface area (Å²) in [6.07, 6.45) is 0.103. The molecule has 6 nitrogen and oxygen atoms in total. The number of ether oxygens (including phenoxy) is 1. The lowest BCUT2D eigenvalue weighted by Crippen LogP contribution is -2.13. The monoisotopic (exact) mass is 272 g/mol. The van der Waals surface area contributed by atoms with E-state index in [4.69, 9.17) is 16.3 Å². The van der Waals surface area contributed by atoms with Crippen molar-refractivity contribution in [3.8, 4) is 5.75 Å². The van der Waals surface area contributed by atoms with Crippen LogP contribution in [0, 0.1) is 10.1 Å². The van der Waals surface area contributed by atoms with Crippen molar-refractivity contribution in [1.82, 2.24) is 0 Å². The van der Waals surface area contributed by atoms with E-state index >= 15 is 0 Å². The molecule has 0 spiro atoms. The molecular weight excluding hydrogens is 260 g/mol. The van der Waals surface area contributed by atoms with Gasteiger partial charge in [0, 0.05) is 12.3 Å². The Morgan fingerprint density at radius 3 is 2.83 bits per heavy atom. The number of amides is 1. The average Bonchev–Trinajstić information content (AvgIpc) is 2.31. The molecule has 0 atom stereocenters. The van der Waals surface area contributed by atoms with Crippen molar-refractivity contribution in [2.24, 2.45) is 0 Å². The molecule has 7 heteroatoms. The number of benzene rings is 1. The van der Waals surface area contributed by atoms with Crippen molar-refractivity contribution in [2.45, 2.75) is 13.3 Å². The number of nitro benzene ring substituents is 1. The maximum Gasteiger partial charge on any atom is 0.296 e. The van der Waals surface area contributed by atoms with Crippen LogP contribution in [0.5, 0.6) is 5.75 Å². The second-order valence-electron chi connectivity index (χ2n) is 3.36. The Morgan fingerprint density at radius 1 is 1.56 bits per heavy atom. The van der Waals surface area contributed by atoms with Crippen LogP contribution in [-0.2, 0) is 4.79 Å². The van der Waals surface area contributed by atoms with Gasteiger partial charge < -0.3 is 10.1 Å². The highest BCUT2D eigenvalue weighted by Crippen LogP contribution is 2.29. The fourth-order valence-electron chi connectivity index (χ4n) is 1.32. The molecule has 0 aliphatic rings. The number of halogens is 1. The maximum atomic E-state index is 11.3. The standard InChI is InChI=1S/C11H13ClN2O4/c1-2-18-8-3-4-9(10(7-8)14(16)17)13-11(15)5-6-12/h3-4,7H,2,5-6H2,1H3,(H,13,15). The molecule has 1 amide bonds. The van der Waals surface area contributed by atoms with Gasteiger partial charge in [-0.3, -0.25) is 14.9 Å². The van der Waals surface area contributed by atoms with Gasteiger partial charge >= 0.3 is 0 Å². The van der Waals surface area contributed by atoms with E-state index < -0.39 is 4.92 Å². The van der Waals surface area contributed by atoms with E-state index in [-0.39, 0.29) is 29.6 Å². The van der Waals surface area contributed by atoms with Gasteiger partial charge in [-0.25, -0.2) is 0 Å². The van der Waals surface area contributed by atoms with E-state index in [1.54, 1.807) is 13.0 Å². The molecule has 0 unspecified atom stereocenters. The summed E-state index contributed by atoms with van der Waals surface area (Å²) in [6, 6.07) is 4.28. The Bertz CT molecular complexity index is 451. The summed E-state index contributed by atoms with van der Waals surface area (Å²) in [5.41, 5.74) is -0.0672. The van der Waals surface area contributed by atoms with Crippen LogP contribution in [0.25, 0.3) is 0 Å².